The molecule has 0 aromatic heterocycles. The predicted molar refractivity (Wildman–Crippen MR) is 87.6 cm³/mol. The van der Waals surface area contributed by atoms with Gasteiger partial charge in [-0.3, -0.25) is 4.79 Å². The molecule has 4 rings (SSSR count). The van der Waals surface area contributed by atoms with Crippen LogP contribution in [0, 0.1) is 0 Å². The van der Waals surface area contributed by atoms with Crippen LogP contribution in [0.3, 0.4) is 0 Å². The van der Waals surface area contributed by atoms with Crippen LogP contribution >= 0.6 is 0 Å². The standard InChI is InChI=1S/C19H26N2O/c20-18(8-9-18)13-14-4-3-5-15(12-14)19(10-11-19)17(22)21-16-6-1-2-7-16/h3-5,12,16H,1-2,6-11,13,20H2,(H,21,22). The van der Waals surface area contributed by atoms with Crippen LogP contribution < -0.4 is 11.1 Å². The highest BCUT2D eigenvalue weighted by molar-refractivity contribution is 5.91. The van der Waals surface area contributed by atoms with E-state index in [9.17, 15) is 4.79 Å². The Morgan fingerprint density at radius 1 is 1.18 bits per heavy atom. The maximum atomic E-state index is 12.8. The lowest BCUT2D eigenvalue weighted by Gasteiger charge is -2.20. The number of hydrogen-bond donors (Lipinski definition) is 2. The summed E-state index contributed by atoms with van der Waals surface area (Å²) in [6.45, 7) is 0. The summed E-state index contributed by atoms with van der Waals surface area (Å²) >= 11 is 0. The van der Waals surface area contributed by atoms with E-state index in [1.807, 2.05) is 0 Å². The number of nitrogens with one attached hydrogen (secondary N) is 1. The van der Waals surface area contributed by atoms with Gasteiger partial charge in [0.15, 0.2) is 0 Å². The number of nitrogens with two attached hydrogens (primary N) is 1. The van der Waals surface area contributed by atoms with E-state index in [1.54, 1.807) is 0 Å². The van der Waals surface area contributed by atoms with Gasteiger partial charge in [0, 0.05) is 11.6 Å². The van der Waals surface area contributed by atoms with Crippen LogP contribution in [0.25, 0.3) is 0 Å². The van der Waals surface area contributed by atoms with Crippen molar-refractivity contribution < 1.29 is 4.79 Å². The lowest BCUT2D eigenvalue weighted by Crippen LogP contribution is -2.40. The Morgan fingerprint density at radius 2 is 1.91 bits per heavy atom. The average molecular weight is 298 g/mol. The zero-order valence-corrected chi connectivity index (χ0v) is 13.2. The Bertz CT molecular complexity index is 581. The van der Waals surface area contributed by atoms with E-state index in [1.165, 1.54) is 24.0 Å². The fourth-order valence-corrected chi connectivity index (χ4v) is 3.89. The average Bonchev–Trinajstić information content (AvgIpc) is 3.40. The first-order valence-corrected chi connectivity index (χ1v) is 8.79. The molecular weight excluding hydrogens is 272 g/mol. The molecule has 1 amide bonds. The molecule has 3 heteroatoms. The lowest BCUT2D eigenvalue weighted by atomic mass is 9.91. The van der Waals surface area contributed by atoms with Gasteiger partial charge in [0.05, 0.1) is 5.41 Å². The molecule has 0 saturated heterocycles. The van der Waals surface area contributed by atoms with Crippen molar-refractivity contribution >= 4 is 5.91 Å². The second kappa shape index (κ2) is 5.09. The van der Waals surface area contributed by atoms with Crippen molar-refractivity contribution in [3.63, 3.8) is 0 Å². The van der Waals surface area contributed by atoms with E-state index in [4.69, 9.17) is 5.73 Å². The zero-order valence-electron chi connectivity index (χ0n) is 13.2. The van der Waals surface area contributed by atoms with Gasteiger partial charge in [-0.1, -0.05) is 37.1 Å². The minimum atomic E-state index is -0.246. The molecule has 3 aliphatic carbocycles. The first kappa shape index (κ1) is 14.3. The number of amides is 1. The summed E-state index contributed by atoms with van der Waals surface area (Å²) in [5, 5.41) is 3.30. The van der Waals surface area contributed by atoms with E-state index < -0.39 is 0 Å². The molecule has 0 spiro atoms. The highest BCUT2D eigenvalue weighted by Gasteiger charge is 2.51. The molecule has 0 heterocycles. The second-order valence-corrected chi connectivity index (χ2v) is 7.78. The molecule has 3 saturated carbocycles. The van der Waals surface area contributed by atoms with Crippen molar-refractivity contribution in [2.24, 2.45) is 5.73 Å². The summed E-state index contributed by atoms with van der Waals surface area (Å²) < 4.78 is 0. The van der Waals surface area contributed by atoms with Gasteiger partial charge in [-0.15, -0.1) is 0 Å². The van der Waals surface area contributed by atoms with Gasteiger partial charge in [-0.25, -0.2) is 0 Å². The summed E-state index contributed by atoms with van der Waals surface area (Å²) in [6, 6.07) is 9.02. The van der Waals surface area contributed by atoms with E-state index in [-0.39, 0.29) is 16.9 Å². The Labute approximate surface area is 132 Å². The molecule has 3 nitrogen and oxygen atoms in total. The van der Waals surface area contributed by atoms with Crippen LogP contribution in [0.5, 0.6) is 0 Å². The first-order chi connectivity index (χ1) is 10.6. The third-order valence-corrected chi connectivity index (χ3v) is 5.80. The van der Waals surface area contributed by atoms with Crippen LogP contribution in [-0.2, 0) is 16.6 Å². The fraction of sp³-hybridized carbons (Fsp3) is 0.632. The second-order valence-electron chi connectivity index (χ2n) is 7.78. The molecule has 3 aliphatic rings. The SMILES string of the molecule is NC1(Cc2cccc(C3(C(=O)NC4CCCC4)CC3)c2)CC1. The van der Waals surface area contributed by atoms with Crippen molar-refractivity contribution in [3.05, 3.63) is 35.4 Å². The molecule has 1 aromatic carbocycles. The number of carbonyl (C=O) groups is 1. The summed E-state index contributed by atoms with van der Waals surface area (Å²) in [7, 11) is 0. The maximum absolute atomic E-state index is 12.8. The summed E-state index contributed by atoms with van der Waals surface area (Å²) in [6.07, 6.45) is 9.99. The van der Waals surface area contributed by atoms with E-state index >= 15 is 0 Å². The largest absolute Gasteiger partial charge is 0.353 e. The van der Waals surface area contributed by atoms with Gasteiger partial charge in [0.1, 0.15) is 0 Å². The Morgan fingerprint density at radius 3 is 2.55 bits per heavy atom. The molecule has 0 radical (unpaired) electrons. The topological polar surface area (TPSA) is 55.1 Å². The van der Waals surface area contributed by atoms with Gasteiger partial charge >= 0.3 is 0 Å². The van der Waals surface area contributed by atoms with Crippen molar-refractivity contribution in [1.82, 2.24) is 5.32 Å². The fourth-order valence-electron chi connectivity index (χ4n) is 3.89. The van der Waals surface area contributed by atoms with Crippen molar-refractivity contribution in [3.8, 4) is 0 Å². The van der Waals surface area contributed by atoms with E-state index in [0.717, 1.165) is 44.9 Å². The van der Waals surface area contributed by atoms with Gasteiger partial charge in [-0.05, 0) is 56.1 Å². The normalized spacial score (nSPS) is 25.0. The van der Waals surface area contributed by atoms with Gasteiger partial charge in [0.25, 0.3) is 0 Å². The molecule has 118 valence electrons. The van der Waals surface area contributed by atoms with Crippen LogP contribution in [0.15, 0.2) is 24.3 Å². The quantitative estimate of drug-likeness (QED) is 0.878. The summed E-state index contributed by atoms with van der Waals surface area (Å²) in [5.41, 5.74) is 8.51. The molecule has 0 atom stereocenters. The lowest BCUT2D eigenvalue weighted by molar-refractivity contribution is -0.124. The molecule has 0 unspecified atom stereocenters. The predicted octanol–water partition coefficient (Wildman–Crippen LogP) is 2.81. The summed E-state index contributed by atoms with van der Waals surface area (Å²) in [5.74, 6) is 0.255. The minimum absolute atomic E-state index is 0.0292. The van der Waals surface area contributed by atoms with Crippen LogP contribution in [0.1, 0.15) is 62.5 Å². The van der Waals surface area contributed by atoms with Crippen molar-refractivity contribution in [2.75, 3.05) is 0 Å². The third-order valence-electron chi connectivity index (χ3n) is 5.80. The highest BCUT2D eigenvalue weighted by atomic mass is 16.2. The summed E-state index contributed by atoms with van der Waals surface area (Å²) in [4.78, 5) is 12.8. The van der Waals surface area contributed by atoms with Crippen LogP contribution in [0.2, 0.25) is 0 Å². The maximum Gasteiger partial charge on any atom is 0.230 e. The number of benzene rings is 1. The molecule has 3 fully saturated rings. The van der Waals surface area contributed by atoms with E-state index in [0.29, 0.717) is 6.04 Å². The molecule has 3 N–H and O–H groups in total. The van der Waals surface area contributed by atoms with Crippen molar-refractivity contribution in [2.45, 2.75) is 74.8 Å². The van der Waals surface area contributed by atoms with E-state index in [2.05, 4.69) is 29.6 Å². The van der Waals surface area contributed by atoms with Crippen molar-refractivity contribution in [1.29, 1.82) is 0 Å². The van der Waals surface area contributed by atoms with Crippen LogP contribution in [0.4, 0.5) is 0 Å². The number of carbonyl (C=O) groups excluding carboxylic acids is 1. The number of rotatable bonds is 5. The number of hydrogen-bond acceptors (Lipinski definition) is 2. The molecule has 0 aliphatic heterocycles. The molecular formula is C19H26N2O. The van der Waals surface area contributed by atoms with Gasteiger partial charge in [-0.2, -0.15) is 0 Å². The van der Waals surface area contributed by atoms with Gasteiger partial charge in [0.2, 0.25) is 5.91 Å². The molecule has 1 aromatic rings. The first-order valence-electron chi connectivity index (χ1n) is 8.79. The Kier molecular flexibility index (Phi) is 3.30. The Hall–Kier alpha value is -1.35. The van der Waals surface area contributed by atoms with Crippen LogP contribution in [-0.4, -0.2) is 17.5 Å². The Balaban J connectivity index is 1.50. The minimum Gasteiger partial charge on any atom is -0.353 e. The van der Waals surface area contributed by atoms with Gasteiger partial charge < -0.3 is 11.1 Å². The third kappa shape index (κ3) is 2.67. The molecule has 0 bridgehead atoms. The smallest absolute Gasteiger partial charge is 0.230 e. The highest BCUT2D eigenvalue weighted by Crippen LogP contribution is 2.49. The monoisotopic (exact) mass is 298 g/mol. The zero-order chi connectivity index (χ0) is 15.2. The molecule has 22 heavy (non-hydrogen) atoms.